The molecule has 30 heavy (non-hydrogen) atoms. The average Bonchev–Trinajstić information content (AvgIpc) is 3.27. The molecule has 2 aromatic carbocycles. The Morgan fingerprint density at radius 2 is 1.93 bits per heavy atom. The molecule has 1 aliphatic heterocycles. The maximum absolute atomic E-state index is 13.6. The lowest BCUT2D eigenvalue weighted by Crippen LogP contribution is -2.40. The van der Waals surface area contributed by atoms with Crippen LogP contribution in [0, 0.1) is 0 Å². The van der Waals surface area contributed by atoms with Gasteiger partial charge in [-0.05, 0) is 54.2 Å². The third kappa shape index (κ3) is 3.62. The van der Waals surface area contributed by atoms with Crippen LogP contribution in [-0.2, 0) is 16.4 Å². The number of carbonyl (C=O) groups is 1. The predicted octanol–water partition coefficient (Wildman–Crippen LogP) is 3.45. The molecule has 0 spiro atoms. The van der Waals surface area contributed by atoms with Crippen molar-refractivity contribution in [3.8, 4) is 5.75 Å². The lowest BCUT2D eigenvalue weighted by molar-refractivity contribution is 0.0696. The van der Waals surface area contributed by atoms with Crippen molar-refractivity contribution < 1.29 is 17.9 Å². The van der Waals surface area contributed by atoms with Crippen LogP contribution < -0.4 is 9.46 Å². The van der Waals surface area contributed by atoms with E-state index in [0.29, 0.717) is 12.1 Å². The molecule has 1 atom stereocenters. The van der Waals surface area contributed by atoms with Gasteiger partial charge < -0.3 is 9.64 Å². The van der Waals surface area contributed by atoms with E-state index in [4.69, 9.17) is 4.74 Å². The topological polar surface area (TPSA) is 75.7 Å². The van der Waals surface area contributed by atoms with Gasteiger partial charge in [0.15, 0.2) is 0 Å². The zero-order valence-electron chi connectivity index (χ0n) is 16.7. The number of hydrogen-bond donors (Lipinski definition) is 1. The molecule has 0 bridgehead atoms. The normalized spacial score (nSPS) is 16.2. The fourth-order valence-electron chi connectivity index (χ4n) is 3.83. The number of ether oxygens (including phenoxy) is 1. The number of benzene rings is 2. The highest BCUT2D eigenvalue weighted by Gasteiger charge is 2.34. The summed E-state index contributed by atoms with van der Waals surface area (Å²) in [7, 11) is -1.04. The number of carbonyl (C=O) groups excluding carboxylic acids is 1. The number of nitrogens with one attached hydrogen (secondary N) is 1. The van der Waals surface area contributed by atoms with Crippen molar-refractivity contribution in [2.45, 2.75) is 17.4 Å². The van der Waals surface area contributed by atoms with Crippen LogP contribution in [0.25, 0.3) is 0 Å². The Morgan fingerprint density at radius 3 is 2.63 bits per heavy atom. The highest BCUT2D eigenvalue weighted by molar-refractivity contribution is 7.89. The predicted molar refractivity (Wildman–Crippen MR) is 117 cm³/mol. The molecular weight excluding hydrogens is 420 g/mol. The summed E-state index contributed by atoms with van der Waals surface area (Å²) in [6, 6.07) is 16.3. The molecule has 1 unspecified atom stereocenters. The molecule has 2 heterocycles. The van der Waals surface area contributed by atoms with Crippen molar-refractivity contribution in [1.29, 1.82) is 0 Å². The molecule has 1 N–H and O–H groups in total. The number of methoxy groups -OCH3 is 1. The van der Waals surface area contributed by atoms with E-state index in [1.165, 1.54) is 31.2 Å². The second kappa shape index (κ2) is 8.22. The largest absolute Gasteiger partial charge is 0.495 e. The first kappa shape index (κ1) is 20.6. The fraction of sp³-hybridized carbons (Fsp3) is 0.227. The molecule has 0 aliphatic carbocycles. The first-order chi connectivity index (χ1) is 14.5. The van der Waals surface area contributed by atoms with Gasteiger partial charge in [-0.1, -0.05) is 30.3 Å². The van der Waals surface area contributed by atoms with Crippen LogP contribution in [0.5, 0.6) is 5.75 Å². The minimum absolute atomic E-state index is 0.0529. The van der Waals surface area contributed by atoms with Crippen molar-refractivity contribution in [3.63, 3.8) is 0 Å². The second-order valence-electron chi connectivity index (χ2n) is 6.93. The Morgan fingerprint density at radius 1 is 1.17 bits per heavy atom. The SMILES string of the molecule is CNS(=O)(=O)c1cc(C(=O)N2CCc3sccc3C2c2ccccc2)ccc1OC. The molecule has 0 radical (unpaired) electrons. The maximum Gasteiger partial charge on any atom is 0.254 e. The summed E-state index contributed by atoms with van der Waals surface area (Å²) in [6.07, 6.45) is 0.778. The van der Waals surface area contributed by atoms with Crippen LogP contribution in [0.2, 0.25) is 0 Å². The van der Waals surface area contributed by atoms with E-state index in [9.17, 15) is 13.2 Å². The molecule has 3 aromatic rings. The summed E-state index contributed by atoms with van der Waals surface area (Å²) in [6.45, 7) is 0.562. The number of thiophene rings is 1. The van der Waals surface area contributed by atoms with Gasteiger partial charge in [-0.3, -0.25) is 4.79 Å². The fourth-order valence-corrected chi connectivity index (χ4v) is 5.65. The summed E-state index contributed by atoms with van der Waals surface area (Å²) in [4.78, 5) is 16.6. The van der Waals surface area contributed by atoms with Crippen LogP contribution in [0.3, 0.4) is 0 Å². The quantitative estimate of drug-likeness (QED) is 0.657. The lowest BCUT2D eigenvalue weighted by Gasteiger charge is -2.36. The van der Waals surface area contributed by atoms with Crippen molar-refractivity contribution in [2.75, 3.05) is 20.7 Å². The van der Waals surface area contributed by atoms with Crippen molar-refractivity contribution in [1.82, 2.24) is 9.62 Å². The van der Waals surface area contributed by atoms with Gasteiger partial charge in [0, 0.05) is 17.0 Å². The summed E-state index contributed by atoms with van der Waals surface area (Å²) in [5.74, 6) is -0.0183. The van der Waals surface area contributed by atoms with Gasteiger partial charge in [0.05, 0.1) is 13.2 Å². The Labute approximate surface area is 180 Å². The summed E-state index contributed by atoms with van der Waals surface area (Å²) < 4.78 is 32.4. The summed E-state index contributed by atoms with van der Waals surface area (Å²) >= 11 is 1.71. The van der Waals surface area contributed by atoms with Crippen LogP contribution >= 0.6 is 11.3 Å². The van der Waals surface area contributed by atoms with E-state index in [1.54, 1.807) is 17.4 Å². The van der Waals surface area contributed by atoms with Crippen molar-refractivity contribution in [2.24, 2.45) is 0 Å². The Balaban J connectivity index is 1.78. The van der Waals surface area contributed by atoms with Crippen LogP contribution in [0.4, 0.5) is 0 Å². The monoisotopic (exact) mass is 442 g/mol. The average molecular weight is 443 g/mol. The van der Waals surface area contributed by atoms with Gasteiger partial charge in [-0.25, -0.2) is 13.1 Å². The lowest BCUT2D eigenvalue weighted by atomic mass is 9.92. The third-order valence-corrected chi connectivity index (χ3v) is 7.74. The van der Waals surface area contributed by atoms with Gasteiger partial charge in [-0.15, -0.1) is 11.3 Å². The number of rotatable bonds is 5. The van der Waals surface area contributed by atoms with E-state index < -0.39 is 10.0 Å². The van der Waals surface area contributed by atoms with E-state index >= 15 is 0 Å². The molecule has 156 valence electrons. The molecule has 1 amide bonds. The van der Waals surface area contributed by atoms with Crippen molar-refractivity contribution in [3.05, 3.63) is 81.5 Å². The zero-order chi connectivity index (χ0) is 21.3. The van der Waals surface area contributed by atoms with E-state index in [0.717, 1.165) is 17.5 Å². The maximum atomic E-state index is 13.6. The highest BCUT2D eigenvalue weighted by Crippen LogP contribution is 2.38. The summed E-state index contributed by atoms with van der Waals surface area (Å²) in [5.41, 5.74) is 2.47. The van der Waals surface area contributed by atoms with Gasteiger partial charge in [0.1, 0.15) is 10.6 Å². The summed E-state index contributed by atoms with van der Waals surface area (Å²) in [5, 5.41) is 2.06. The standard InChI is InChI=1S/C22H22N2O4S2/c1-23-30(26,27)20-14-16(8-9-18(20)28-2)22(25)24-12-10-19-17(11-13-29-19)21(24)15-6-4-3-5-7-15/h3-9,11,13-14,21,23H,10,12H2,1-2H3. The van der Waals surface area contributed by atoms with Crippen LogP contribution in [-0.4, -0.2) is 39.9 Å². The third-order valence-electron chi connectivity index (χ3n) is 5.31. The Bertz CT molecular complexity index is 1170. The molecule has 1 aromatic heterocycles. The van der Waals surface area contributed by atoms with E-state index in [2.05, 4.69) is 16.2 Å². The molecule has 0 saturated heterocycles. The molecule has 0 saturated carbocycles. The zero-order valence-corrected chi connectivity index (χ0v) is 18.3. The minimum atomic E-state index is -3.78. The number of hydrogen-bond acceptors (Lipinski definition) is 5. The number of nitrogens with zero attached hydrogens (tertiary/aromatic N) is 1. The molecule has 4 rings (SSSR count). The van der Waals surface area contributed by atoms with E-state index in [-0.39, 0.29) is 22.6 Å². The molecule has 0 fully saturated rings. The minimum Gasteiger partial charge on any atom is -0.495 e. The Kier molecular flexibility index (Phi) is 5.64. The first-order valence-corrected chi connectivity index (χ1v) is 11.9. The van der Waals surface area contributed by atoms with Gasteiger partial charge in [0.2, 0.25) is 10.0 Å². The molecule has 1 aliphatic rings. The highest BCUT2D eigenvalue weighted by atomic mass is 32.2. The number of fused-ring (bicyclic) bond motifs is 1. The molecule has 8 heteroatoms. The van der Waals surface area contributed by atoms with Crippen molar-refractivity contribution >= 4 is 27.3 Å². The Hall–Kier alpha value is -2.68. The molecular formula is C22H22N2O4S2. The van der Waals surface area contributed by atoms with Gasteiger partial charge in [0.25, 0.3) is 5.91 Å². The van der Waals surface area contributed by atoms with E-state index in [1.807, 2.05) is 35.2 Å². The van der Waals surface area contributed by atoms with Crippen LogP contribution in [0.1, 0.15) is 32.4 Å². The first-order valence-electron chi connectivity index (χ1n) is 9.50. The smallest absolute Gasteiger partial charge is 0.254 e. The molecule has 6 nitrogen and oxygen atoms in total. The number of amides is 1. The second-order valence-corrected chi connectivity index (χ2v) is 9.79. The van der Waals surface area contributed by atoms with Gasteiger partial charge in [-0.2, -0.15) is 0 Å². The van der Waals surface area contributed by atoms with Crippen LogP contribution in [0.15, 0.2) is 64.9 Å². The number of sulfonamides is 1. The van der Waals surface area contributed by atoms with Gasteiger partial charge >= 0.3 is 0 Å².